The Hall–Kier alpha value is -2.77. The van der Waals surface area contributed by atoms with Gasteiger partial charge in [0.15, 0.2) is 5.65 Å². The van der Waals surface area contributed by atoms with E-state index in [1.807, 2.05) is 12.1 Å². The first-order valence-corrected chi connectivity index (χ1v) is 8.17. The van der Waals surface area contributed by atoms with Crippen molar-refractivity contribution in [2.75, 3.05) is 13.1 Å². The number of aromatic nitrogens is 3. The van der Waals surface area contributed by atoms with Crippen LogP contribution in [0.2, 0.25) is 0 Å². The van der Waals surface area contributed by atoms with Crippen LogP contribution < -0.4 is 5.73 Å². The number of hydrogen-bond donors (Lipinski definition) is 2. The van der Waals surface area contributed by atoms with Crippen LogP contribution in [-0.4, -0.2) is 49.7 Å². The standard InChI is InChI=1S/C18H18N5O2/c19-17(25)15-5-6-16(23-18(15)20-11-21-23)13-3-1-12(2-4-13)9-22-8-7-14(24)10-22/h1-6,14,24H,7-10H2,(H2,19,25)/t14-/m1/s1. The number of β-amino-alcohol motifs (C(OH)–C–C–N with tert-alkyl or cyclic N) is 1. The molecule has 7 nitrogen and oxygen atoms in total. The number of fused-ring (bicyclic) bond motifs is 1. The van der Waals surface area contributed by atoms with Gasteiger partial charge in [0.1, 0.15) is 0 Å². The summed E-state index contributed by atoms with van der Waals surface area (Å²) in [5.74, 6) is -0.541. The van der Waals surface area contributed by atoms with Crippen LogP contribution in [0.3, 0.4) is 0 Å². The Morgan fingerprint density at radius 2 is 2.08 bits per heavy atom. The minimum atomic E-state index is -0.541. The van der Waals surface area contributed by atoms with E-state index in [1.165, 1.54) is 5.56 Å². The molecule has 0 spiro atoms. The van der Waals surface area contributed by atoms with Crippen molar-refractivity contribution in [1.29, 1.82) is 0 Å². The van der Waals surface area contributed by atoms with Crippen molar-refractivity contribution in [3.63, 3.8) is 0 Å². The van der Waals surface area contributed by atoms with Crippen LogP contribution >= 0.6 is 0 Å². The van der Waals surface area contributed by atoms with Crippen LogP contribution in [0.4, 0.5) is 0 Å². The van der Waals surface area contributed by atoms with Gasteiger partial charge in [0.2, 0.25) is 6.33 Å². The van der Waals surface area contributed by atoms with Gasteiger partial charge in [-0.1, -0.05) is 24.3 Å². The van der Waals surface area contributed by atoms with E-state index in [-0.39, 0.29) is 6.10 Å². The predicted molar refractivity (Wildman–Crippen MR) is 91.7 cm³/mol. The number of aliphatic hydroxyl groups excluding tert-OH is 1. The molecule has 1 radical (unpaired) electrons. The van der Waals surface area contributed by atoms with Gasteiger partial charge in [-0.3, -0.25) is 9.69 Å². The van der Waals surface area contributed by atoms with Crippen LogP contribution in [0.15, 0.2) is 36.4 Å². The number of amides is 1. The van der Waals surface area contributed by atoms with E-state index >= 15 is 0 Å². The molecular weight excluding hydrogens is 318 g/mol. The number of benzene rings is 1. The number of rotatable bonds is 4. The number of pyridine rings is 1. The molecule has 3 aromatic rings. The molecule has 3 heterocycles. The molecule has 2 aromatic heterocycles. The average Bonchev–Trinajstić information content (AvgIpc) is 3.24. The summed E-state index contributed by atoms with van der Waals surface area (Å²) in [6, 6.07) is 11.6. The Kier molecular flexibility index (Phi) is 3.95. The van der Waals surface area contributed by atoms with Crippen LogP contribution in [0.5, 0.6) is 0 Å². The van der Waals surface area contributed by atoms with E-state index in [2.05, 4.69) is 33.4 Å². The second-order valence-corrected chi connectivity index (χ2v) is 6.32. The molecular formula is C18H18N5O2. The second kappa shape index (κ2) is 6.27. The topological polar surface area (TPSA) is 96.8 Å². The van der Waals surface area contributed by atoms with E-state index < -0.39 is 5.91 Å². The van der Waals surface area contributed by atoms with Crippen LogP contribution in [-0.2, 0) is 6.54 Å². The summed E-state index contributed by atoms with van der Waals surface area (Å²) in [6.45, 7) is 2.48. The molecule has 0 saturated carbocycles. The number of nitrogens with two attached hydrogens (primary N) is 1. The van der Waals surface area contributed by atoms with Crippen LogP contribution in [0, 0.1) is 6.33 Å². The van der Waals surface area contributed by atoms with E-state index in [0.717, 1.165) is 37.3 Å². The van der Waals surface area contributed by atoms with Gasteiger partial charge in [-0.05, 0) is 24.1 Å². The smallest absolute Gasteiger partial charge is 0.252 e. The molecule has 0 bridgehead atoms. The summed E-state index contributed by atoms with van der Waals surface area (Å²) in [5.41, 5.74) is 9.07. The van der Waals surface area contributed by atoms with Gasteiger partial charge in [0.25, 0.3) is 5.91 Å². The summed E-state index contributed by atoms with van der Waals surface area (Å²) in [7, 11) is 0. The molecule has 0 aliphatic carbocycles. The monoisotopic (exact) mass is 336 g/mol. The van der Waals surface area contributed by atoms with Crippen LogP contribution in [0.1, 0.15) is 22.3 Å². The van der Waals surface area contributed by atoms with Crippen molar-refractivity contribution in [3.05, 3.63) is 53.9 Å². The Bertz CT molecular complexity index is 919. The van der Waals surface area contributed by atoms with Crippen molar-refractivity contribution in [1.82, 2.24) is 19.5 Å². The van der Waals surface area contributed by atoms with Gasteiger partial charge in [0.05, 0.1) is 17.4 Å². The number of carbonyl (C=O) groups excluding carboxylic acids is 1. The minimum Gasteiger partial charge on any atom is -0.392 e. The first kappa shape index (κ1) is 15.7. The molecule has 4 rings (SSSR count). The SMILES string of the molecule is NC(=O)c1ccc(-c2ccc(CN3CC[C@@H](O)C3)cc2)n2n[c]nc12. The largest absolute Gasteiger partial charge is 0.392 e. The van der Waals surface area contributed by atoms with Gasteiger partial charge in [-0.2, -0.15) is 0 Å². The third-order valence-electron chi connectivity index (χ3n) is 4.55. The fourth-order valence-electron chi connectivity index (χ4n) is 3.26. The number of aliphatic hydroxyl groups is 1. The van der Waals surface area contributed by atoms with Crippen molar-refractivity contribution >= 4 is 11.6 Å². The number of nitrogens with zero attached hydrogens (tertiary/aromatic N) is 4. The molecule has 1 saturated heterocycles. The van der Waals surface area contributed by atoms with E-state index in [9.17, 15) is 9.90 Å². The lowest BCUT2D eigenvalue weighted by atomic mass is 10.1. The third kappa shape index (κ3) is 2.99. The van der Waals surface area contributed by atoms with Gasteiger partial charge in [-0.15, -0.1) is 5.10 Å². The summed E-state index contributed by atoms with van der Waals surface area (Å²) in [6.07, 6.45) is 3.16. The zero-order chi connectivity index (χ0) is 17.4. The average molecular weight is 336 g/mol. The Balaban J connectivity index is 1.62. The maximum absolute atomic E-state index is 11.5. The Morgan fingerprint density at radius 3 is 2.76 bits per heavy atom. The molecule has 25 heavy (non-hydrogen) atoms. The third-order valence-corrected chi connectivity index (χ3v) is 4.55. The van der Waals surface area contributed by atoms with Gasteiger partial charge in [-0.25, -0.2) is 9.50 Å². The van der Waals surface area contributed by atoms with Crippen molar-refractivity contribution in [2.24, 2.45) is 5.73 Å². The van der Waals surface area contributed by atoms with Crippen molar-refractivity contribution in [3.8, 4) is 11.3 Å². The zero-order valence-corrected chi connectivity index (χ0v) is 13.6. The molecule has 127 valence electrons. The highest BCUT2D eigenvalue weighted by molar-refractivity contribution is 5.99. The first-order chi connectivity index (χ1) is 12.1. The summed E-state index contributed by atoms with van der Waals surface area (Å²) in [4.78, 5) is 17.8. The van der Waals surface area contributed by atoms with Crippen molar-refractivity contribution < 1.29 is 9.90 Å². The fourth-order valence-corrected chi connectivity index (χ4v) is 3.26. The van der Waals surface area contributed by atoms with E-state index in [1.54, 1.807) is 16.6 Å². The van der Waals surface area contributed by atoms with Crippen LogP contribution in [0.25, 0.3) is 16.9 Å². The number of carbonyl (C=O) groups is 1. The normalized spacial score (nSPS) is 18.0. The van der Waals surface area contributed by atoms with Gasteiger partial charge >= 0.3 is 0 Å². The maximum atomic E-state index is 11.5. The fraction of sp³-hybridized carbons (Fsp3) is 0.278. The Labute approximate surface area is 144 Å². The minimum absolute atomic E-state index is 0.208. The molecule has 3 N–H and O–H groups in total. The second-order valence-electron chi connectivity index (χ2n) is 6.32. The number of likely N-dealkylation sites (tertiary alicyclic amines) is 1. The lowest BCUT2D eigenvalue weighted by molar-refractivity contribution is 0.100. The lowest BCUT2D eigenvalue weighted by Crippen LogP contribution is -2.21. The first-order valence-electron chi connectivity index (χ1n) is 8.17. The molecule has 1 aromatic carbocycles. The quantitative estimate of drug-likeness (QED) is 0.737. The lowest BCUT2D eigenvalue weighted by Gasteiger charge is -2.15. The zero-order valence-electron chi connectivity index (χ0n) is 13.6. The molecule has 7 heteroatoms. The molecule has 1 aliphatic heterocycles. The summed E-state index contributed by atoms with van der Waals surface area (Å²) >= 11 is 0. The van der Waals surface area contributed by atoms with Gasteiger partial charge < -0.3 is 10.8 Å². The predicted octanol–water partition coefficient (Wildman–Crippen LogP) is 0.862. The molecule has 0 unspecified atom stereocenters. The number of hydrogen-bond acceptors (Lipinski definition) is 5. The summed E-state index contributed by atoms with van der Waals surface area (Å²) in [5, 5.41) is 13.7. The number of primary amides is 1. The summed E-state index contributed by atoms with van der Waals surface area (Å²) < 4.78 is 1.58. The van der Waals surface area contributed by atoms with E-state index in [0.29, 0.717) is 11.2 Å². The maximum Gasteiger partial charge on any atom is 0.252 e. The van der Waals surface area contributed by atoms with Gasteiger partial charge in [0, 0.05) is 25.2 Å². The van der Waals surface area contributed by atoms with E-state index in [4.69, 9.17) is 5.73 Å². The van der Waals surface area contributed by atoms with Crippen molar-refractivity contribution in [2.45, 2.75) is 19.1 Å². The highest BCUT2D eigenvalue weighted by Gasteiger charge is 2.20. The molecule has 1 atom stereocenters. The highest BCUT2D eigenvalue weighted by Crippen LogP contribution is 2.23. The molecule has 1 amide bonds. The molecule has 1 aliphatic rings. The Morgan fingerprint density at radius 1 is 1.28 bits per heavy atom. The highest BCUT2D eigenvalue weighted by atomic mass is 16.3. The molecule has 1 fully saturated rings.